The smallest absolute Gasteiger partial charge is 0.339 e. The second-order valence-corrected chi connectivity index (χ2v) is 11.7. The summed E-state index contributed by atoms with van der Waals surface area (Å²) in [5, 5.41) is 2.64. The zero-order valence-corrected chi connectivity index (χ0v) is 24.7. The van der Waals surface area contributed by atoms with Gasteiger partial charge in [-0.15, -0.1) is 0 Å². The van der Waals surface area contributed by atoms with Crippen molar-refractivity contribution < 1.29 is 31.7 Å². The lowest BCUT2D eigenvalue weighted by Gasteiger charge is -2.26. The van der Waals surface area contributed by atoms with E-state index < -0.39 is 28.0 Å². The third-order valence-corrected chi connectivity index (χ3v) is 8.24. The standard InChI is InChI=1S/C31H22Cl2N2O7S/c1-19-6-13-24(14-7-19)43(39,40)42-28-15-8-20(17-27(28)33)16-25-29(36)34-31(38)35(30(25)37)22-9-11-23(12-10-22)41-18-21-4-2-3-5-26(21)32/h2-17H,18H2,1H3,(H,34,36,38)/b25-16+. The van der Waals surface area contributed by atoms with Crippen molar-refractivity contribution in [3.05, 3.63) is 123 Å². The fourth-order valence-corrected chi connectivity index (χ4v) is 5.48. The number of anilines is 1. The maximum absolute atomic E-state index is 13.3. The molecule has 218 valence electrons. The highest BCUT2D eigenvalue weighted by Gasteiger charge is 2.37. The lowest BCUT2D eigenvalue weighted by molar-refractivity contribution is -0.122. The zero-order chi connectivity index (χ0) is 30.7. The number of ether oxygens (including phenoxy) is 1. The largest absolute Gasteiger partial charge is 0.489 e. The average molecular weight is 637 g/mol. The van der Waals surface area contributed by atoms with Gasteiger partial charge >= 0.3 is 16.1 Å². The van der Waals surface area contributed by atoms with E-state index in [0.29, 0.717) is 16.3 Å². The Bertz CT molecular complexity index is 1870. The average Bonchev–Trinajstić information content (AvgIpc) is 2.97. The molecule has 0 atom stereocenters. The van der Waals surface area contributed by atoms with Crippen molar-refractivity contribution in [3.8, 4) is 11.5 Å². The molecule has 1 N–H and O–H groups in total. The summed E-state index contributed by atoms with van der Waals surface area (Å²) in [5.74, 6) is -1.43. The molecular weight excluding hydrogens is 615 g/mol. The highest BCUT2D eigenvalue weighted by atomic mass is 35.5. The number of nitrogens with one attached hydrogen (secondary N) is 1. The van der Waals surface area contributed by atoms with Gasteiger partial charge in [-0.3, -0.25) is 14.9 Å². The fourth-order valence-electron chi connectivity index (χ4n) is 4.07. The van der Waals surface area contributed by atoms with E-state index in [1.165, 1.54) is 48.5 Å². The number of urea groups is 1. The molecule has 0 bridgehead atoms. The van der Waals surface area contributed by atoms with Gasteiger partial charge in [0.1, 0.15) is 22.8 Å². The number of amides is 4. The van der Waals surface area contributed by atoms with E-state index in [1.54, 1.807) is 30.3 Å². The van der Waals surface area contributed by atoms with Crippen molar-refractivity contribution in [3.63, 3.8) is 0 Å². The van der Waals surface area contributed by atoms with Crippen molar-refractivity contribution >= 4 is 62.9 Å². The molecule has 0 aliphatic carbocycles. The summed E-state index contributed by atoms with van der Waals surface area (Å²) in [6.07, 6.45) is 1.24. The van der Waals surface area contributed by atoms with Crippen LogP contribution in [0.15, 0.2) is 101 Å². The molecule has 0 spiro atoms. The first-order valence-corrected chi connectivity index (χ1v) is 14.9. The summed E-state index contributed by atoms with van der Waals surface area (Å²) in [5.41, 5.74) is 1.83. The highest BCUT2D eigenvalue weighted by Crippen LogP contribution is 2.31. The molecule has 43 heavy (non-hydrogen) atoms. The molecule has 1 heterocycles. The molecule has 5 rings (SSSR count). The Morgan fingerprint density at radius 3 is 2.23 bits per heavy atom. The Kier molecular flexibility index (Phi) is 8.54. The van der Waals surface area contributed by atoms with Crippen molar-refractivity contribution in [2.75, 3.05) is 4.90 Å². The molecule has 1 aliphatic rings. The number of hydrogen-bond donors (Lipinski definition) is 1. The zero-order valence-electron chi connectivity index (χ0n) is 22.4. The molecule has 4 amide bonds. The van der Waals surface area contributed by atoms with Gasteiger partial charge in [0, 0.05) is 10.6 Å². The van der Waals surface area contributed by atoms with Crippen molar-refractivity contribution in [2.45, 2.75) is 18.4 Å². The van der Waals surface area contributed by atoms with E-state index in [1.807, 2.05) is 25.1 Å². The minimum Gasteiger partial charge on any atom is -0.489 e. The number of nitrogens with zero attached hydrogens (tertiary/aromatic N) is 1. The summed E-state index contributed by atoms with van der Waals surface area (Å²) in [6, 6.07) is 22.7. The van der Waals surface area contributed by atoms with Gasteiger partial charge in [-0.2, -0.15) is 8.42 Å². The number of hydrogen-bond acceptors (Lipinski definition) is 7. The first-order chi connectivity index (χ1) is 20.5. The molecular formula is C31H22Cl2N2O7S. The van der Waals surface area contributed by atoms with Gasteiger partial charge in [0.25, 0.3) is 11.8 Å². The molecule has 0 radical (unpaired) electrons. The Labute approximate surface area is 257 Å². The summed E-state index contributed by atoms with van der Waals surface area (Å²) >= 11 is 12.4. The van der Waals surface area contributed by atoms with E-state index in [0.717, 1.165) is 16.0 Å². The molecule has 9 nitrogen and oxygen atoms in total. The number of imide groups is 2. The Morgan fingerprint density at radius 2 is 1.56 bits per heavy atom. The molecule has 4 aromatic carbocycles. The number of barbiturate groups is 1. The molecule has 0 aromatic heterocycles. The number of aryl methyl sites for hydroxylation is 1. The molecule has 1 fully saturated rings. The number of halogens is 2. The van der Waals surface area contributed by atoms with Crippen LogP contribution in [0.4, 0.5) is 10.5 Å². The van der Waals surface area contributed by atoms with Gasteiger partial charge in [0.05, 0.1) is 10.7 Å². The SMILES string of the molecule is Cc1ccc(S(=O)(=O)Oc2ccc(/C=C3\C(=O)NC(=O)N(c4ccc(OCc5ccccc5Cl)cc4)C3=O)cc2Cl)cc1. The predicted molar refractivity (Wildman–Crippen MR) is 162 cm³/mol. The van der Waals surface area contributed by atoms with Crippen LogP contribution in [0, 0.1) is 6.92 Å². The lowest BCUT2D eigenvalue weighted by Crippen LogP contribution is -2.54. The van der Waals surface area contributed by atoms with Crippen LogP contribution < -0.4 is 19.1 Å². The van der Waals surface area contributed by atoms with Crippen molar-refractivity contribution in [1.29, 1.82) is 0 Å². The van der Waals surface area contributed by atoms with Crippen LogP contribution in [0.25, 0.3) is 6.08 Å². The van der Waals surface area contributed by atoms with E-state index in [2.05, 4.69) is 5.32 Å². The fraction of sp³-hybridized carbons (Fsp3) is 0.0645. The van der Waals surface area contributed by atoms with E-state index >= 15 is 0 Å². The molecule has 0 saturated carbocycles. The first kappa shape index (κ1) is 29.8. The second kappa shape index (κ2) is 12.3. The van der Waals surface area contributed by atoms with Crippen LogP contribution in [0.5, 0.6) is 11.5 Å². The van der Waals surface area contributed by atoms with Crippen LogP contribution in [-0.4, -0.2) is 26.3 Å². The van der Waals surface area contributed by atoms with Crippen molar-refractivity contribution in [1.82, 2.24) is 5.32 Å². The van der Waals surface area contributed by atoms with E-state index in [4.69, 9.17) is 32.1 Å². The monoisotopic (exact) mass is 636 g/mol. The van der Waals surface area contributed by atoms with Crippen LogP contribution in [-0.2, 0) is 26.3 Å². The first-order valence-electron chi connectivity index (χ1n) is 12.7. The van der Waals surface area contributed by atoms with Crippen LogP contribution >= 0.6 is 23.2 Å². The summed E-state index contributed by atoms with van der Waals surface area (Å²) in [7, 11) is -4.15. The topological polar surface area (TPSA) is 119 Å². The Hall–Kier alpha value is -4.64. The molecule has 1 saturated heterocycles. The van der Waals surface area contributed by atoms with Crippen LogP contribution in [0.2, 0.25) is 10.0 Å². The van der Waals surface area contributed by atoms with Gasteiger partial charge in [-0.05, 0) is 73.2 Å². The van der Waals surface area contributed by atoms with Gasteiger partial charge in [-0.1, -0.05) is 65.2 Å². The number of carbonyl (C=O) groups is 3. The Morgan fingerprint density at radius 1 is 0.860 bits per heavy atom. The van der Waals surface area contributed by atoms with Crippen LogP contribution in [0.1, 0.15) is 16.7 Å². The summed E-state index contributed by atoms with van der Waals surface area (Å²) in [6.45, 7) is 2.04. The van der Waals surface area contributed by atoms with Crippen molar-refractivity contribution in [2.24, 2.45) is 0 Å². The quantitative estimate of drug-likeness (QED) is 0.137. The minimum absolute atomic E-state index is 0.0465. The Balaban J connectivity index is 1.33. The lowest BCUT2D eigenvalue weighted by atomic mass is 10.1. The van der Waals surface area contributed by atoms with Gasteiger partial charge < -0.3 is 8.92 Å². The maximum Gasteiger partial charge on any atom is 0.339 e. The van der Waals surface area contributed by atoms with Gasteiger partial charge in [0.15, 0.2) is 5.75 Å². The second-order valence-electron chi connectivity index (χ2n) is 9.37. The number of benzene rings is 4. The third-order valence-electron chi connectivity index (χ3n) is 6.32. The normalized spacial score (nSPS) is 14.5. The summed E-state index contributed by atoms with van der Waals surface area (Å²) in [4.78, 5) is 39.3. The highest BCUT2D eigenvalue weighted by molar-refractivity contribution is 7.87. The number of carbonyl (C=O) groups excluding carboxylic acids is 3. The van der Waals surface area contributed by atoms with Crippen LogP contribution in [0.3, 0.4) is 0 Å². The third kappa shape index (κ3) is 6.72. The van der Waals surface area contributed by atoms with E-state index in [-0.39, 0.29) is 33.5 Å². The molecule has 0 unspecified atom stereocenters. The minimum atomic E-state index is -4.15. The molecule has 12 heteroatoms. The predicted octanol–water partition coefficient (Wildman–Crippen LogP) is 6.31. The van der Waals surface area contributed by atoms with Gasteiger partial charge in [0.2, 0.25) is 0 Å². The molecule has 4 aromatic rings. The number of rotatable bonds is 8. The maximum atomic E-state index is 13.3. The van der Waals surface area contributed by atoms with E-state index in [9.17, 15) is 22.8 Å². The molecule has 1 aliphatic heterocycles. The van der Waals surface area contributed by atoms with Gasteiger partial charge in [-0.25, -0.2) is 9.69 Å². The summed E-state index contributed by atoms with van der Waals surface area (Å²) < 4.78 is 36.2.